The van der Waals surface area contributed by atoms with Gasteiger partial charge in [-0.05, 0) is 36.4 Å². The number of hydrogen-bond acceptors (Lipinski definition) is 5. The number of aromatic nitrogens is 1. The number of aliphatic hydroxyl groups excluding tert-OH is 2. The van der Waals surface area contributed by atoms with Crippen LogP contribution in [0.1, 0.15) is 0 Å². The van der Waals surface area contributed by atoms with Crippen molar-refractivity contribution in [3.63, 3.8) is 0 Å². The van der Waals surface area contributed by atoms with Gasteiger partial charge in [-0.15, -0.1) is 0 Å². The van der Waals surface area contributed by atoms with Crippen LogP contribution in [0.25, 0.3) is 22.2 Å². The molecule has 0 saturated carbocycles. The van der Waals surface area contributed by atoms with E-state index in [1.54, 1.807) is 7.11 Å². The van der Waals surface area contributed by atoms with Gasteiger partial charge < -0.3 is 20.3 Å². The lowest BCUT2D eigenvalue weighted by atomic mass is 10.1. The van der Waals surface area contributed by atoms with Crippen LogP contribution in [0.3, 0.4) is 0 Å². The molecule has 2 aromatic carbocycles. The average molecular weight is 324 g/mol. The maximum Gasteiger partial charge on any atom is 0.118 e. The zero-order valence-corrected chi connectivity index (χ0v) is 13.4. The lowest BCUT2D eigenvalue weighted by Gasteiger charge is -2.14. The molecule has 0 unspecified atom stereocenters. The molecule has 24 heavy (non-hydrogen) atoms. The molecule has 3 N–H and O–H groups in total. The van der Waals surface area contributed by atoms with E-state index in [-0.39, 0.29) is 13.2 Å². The lowest BCUT2D eigenvalue weighted by molar-refractivity contribution is 0.105. The number of ether oxygens (including phenoxy) is 1. The number of anilines is 1. The Morgan fingerprint density at radius 2 is 1.88 bits per heavy atom. The van der Waals surface area contributed by atoms with E-state index in [0.717, 1.165) is 33.6 Å². The zero-order valence-electron chi connectivity index (χ0n) is 13.4. The Labute approximate surface area is 140 Å². The summed E-state index contributed by atoms with van der Waals surface area (Å²) in [5.74, 6) is 0.795. The van der Waals surface area contributed by atoms with E-state index in [9.17, 15) is 5.11 Å². The molecule has 1 aromatic heterocycles. The molecule has 124 valence electrons. The molecular weight excluding hydrogens is 304 g/mol. The molecule has 5 heteroatoms. The van der Waals surface area contributed by atoms with Crippen LogP contribution in [0.15, 0.2) is 54.6 Å². The van der Waals surface area contributed by atoms with E-state index < -0.39 is 6.10 Å². The monoisotopic (exact) mass is 324 g/mol. The minimum Gasteiger partial charge on any atom is -0.497 e. The fourth-order valence-electron chi connectivity index (χ4n) is 2.52. The maximum absolute atomic E-state index is 9.59. The van der Waals surface area contributed by atoms with Crippen molar-refractivity contribution in [2.45, 2.75) is 6.10 Å². The van der Waals surface area contributed by atoms with Crippen molar-refractivity contribution >= 4 is 16.6 Å². The van der Waals surface area contributed by atoms with Crippen LogP contribution in [-0.4, -0.2) is 41.6 Å². The van der Waals surface area contributed by atoms with Crippen molar-refractivity contribution in [1.29, 1.82) is 0 Å². The van der Waals surface area contributed by atoms with Gasteiger partial charge in [0.15, 0.2) is 0 Å². The Kier molecular flexibility index (Phi) is 4.93. The average Bonchev–Trinajstić information content (AvgIpc) is 2.65. The first kappa shape index (κ1) is 16.2. The molecule has 1 heterocycles. The minimum atomic E-state index is -0.804. The third-order valence-corrected chi connectivity index (χ3v) is 3.84. The minimum absolute atomic E-state index is 0.270. The van der Waals surface area contributed by atoms with Gasteiger partial charge in [0.25, 0.3) is 0 Å². The standard InChI is InChI=1S/C19H20N2O3/c1-24-15-8-6-13(7-9-15)18-10-19(20-11-14(23)12-22)16-4-2-3-5-17(16)21-18/h2-10,14,22-23H,11-12H2,1H3,(H,20,21)/t14-/m0/s1. The Morgan fingerprint density at radius 1 is 1.12 bits per heavy atom. The van der Waals surface area contributed by atoms with E-state index in [1.807, 2.05) is 54.6 Å². The smallest absolute Gasteiger partial charge is 0.118 e. The highest BCUT2D eigenvalue weighted by Crippen LogP contribution is 2.29. The largest absolute Gasteiger partial charge is 0.497 e. The first-order chi connectivity index (χ1) is 11.7. The summed E-state index contributed by atoms with van der Waals surface area (Å²) in [6.45, 7) is -0.00604. The van der Waals surface area contributed by atoms with Crippen LogP contribution in [0.5, 0.6) is 5.75 Å². The van der Waals surface area contributed by atoms with E-state index in [2.05, 4.69) is 5.32 Å². The first-order valence-electron chi connectivity index (χ1n) is 7.78. The fourth-order valence-corrected chi connectivity index (χ4v) is 2.52. The van der Waals surface area contributed by atoms with Crippen LogP contribution in [-0.2, 0) is 0 Å². The number of methoxy groups -OCH3 is 1. The summed E-state index contributed by atoms with van der Waals surface area (Å²) in [6, 6.07) is 17.5. The van der Waals surface area contributed by atoms with Crippen LogP contribution in [0.2, 0.25) is 0 Å². The van der Waals surface area contributed by atoms with Gasteiger partial charge in [0.05, 0.1) is 31.0 Å². The Morgan fingerprint density at radius 3 is 2.58 bits per heavy atom. The highest BCUT2D eigenvalue weighted by molar-refractivity contribution is 5.93. The van der Waals surface area contributed by atoms with Gasteiger partial charge in [-0.3, -0.25) is 0 Å². The highest BCUT2D eigenvalue weighted by atomic mass is 16.5. The van der Waals surface area contributed by atoms with E-state index in [0.29, 0.717) is 0 Å². The fraction of sp³-hybridized carbons (Fsp3) is 0.211. The molecule has 1 atom stereocenters. The predicted molar refractivity (Wildman–Crippen MR) is 95.3 cm³/mol. The molecule has 0 radical (unpaired) electrons. The number of hydrogen-bond donors (Lipinski definition) is 3. The molecule has 0 aliphatic heterocycles. The summed E-state index contributed by atoms with van der Waals surface area (Å²) in [6.07, 6.45) is -0.804. The van der Waals surface area contributed by atoms with Crippen LogP contribution >= 0.6 is 0 Å². The predicted octanol–water partition coefficient (Wildman–Crippen LogP) is 2.68. The number of benzene rings is 2. The molecule has 0 amide bonds. The molecule has 0 fully saturated rings. The van der Waals surface area contributed by atoms with Crippen LogP contribution in [0, 0.1) is 0 Å². The van der Waals surface area contributed by atoms with Crippen molar-refractivity contribution in [3.8, 4) is 17.0 Å². The quantitative estimate of drug-likeness (QED) is 0.650. The van der Waals surface area contributed by atoms with Crippen molar-refractivity contribution in [3.05, 3.63) is 54.6 Å². The van der Waals surface area contributed by atoms with Crippen molar-refractivity contribution < 1.29 is 14.9 Å². The van der Waals surface area contributed by atoms with Crippen molar-refractivity contribution in [2.24, 2.45) is 0 Å². The topological polar surface area (TPSA) is 74.6 Å². The second-order valence-electron chi connectivity index (χ2n) is 5.52. The van der Waals surface area contributed by atoms with Crippen molar-refractivity contribution in [1.82, 2.24) is 4.98 Å². The third-order valence-electron chi connectivity index (χ3n) is 3.84. The summed E-state index contributed by atoms with van der Waals surface area (Å²) in [7, 11) is 1.64. The molecule has 0 bridgehead atoms. The number of nitrogens with zero attached hydrogens (tertiary/aromatic N) is 1. The summed E-state index contributed by atoms with van der Waals surface area (Å²) in [5.41, 5.74) is 3.55. The number of nitrogens with one attached hydrogen (secondary N) is 1. The number of para-hydroxylation sites is 1. The number of aliphatic hydroxyl groups is 2. The Hall–Kier alpha value is -2.63. The third kappa shape index (κ3) is 3.48. The highest BCUT2D eigenvalue weighted by Gasteiger charge is 2.09. The van der Waals surface area contributed by atoms with Gasteiger partial charge in [0, 0.05) is 23.2 Å². The summed E-state index contributed by atoms with van der Waals surface area (Å²) < 4.78 is 5.19. The summed E-state index contributed by atoms with van der Waals surface area (Å²) >= 11 is 0. The first-order valence-corrected chi connectivity index (χ1v) is 7.78. The number of pyridine rings is 1. The molecular formula is C19H20N2O3. The van der Waals surface area contributed by atoms with Crippen molar-refractivity contribution in [2.75, 3.05) is 25.6 Å². The van der Waals surface area contributed by atoms with E-state index in [1.165, 1.54) is 0 Å². The number of fused-ring (bicyclic) bond motifs is 1. The maximum atomic E-state index is 9.59. The second kappa shape index (κ2) is 7.29. The zero-order chi connectivity index (χ0) is 16.9. The molecule has 3 rings (SSSR count). The lowest BCUT2D eigenvalue weighted by Crippen LogP contribution is -2.23. The molecule has 0 spiro atoms. The van der Waals surface area contributed by atoms with Gasteiger partial charge in [-0.25, -0.2) is 4.98 Å². The normalized spacial score (nSPS) is 12.1. The summed E-state index contributed by atoms with van der Waals surface area (Å²) in [5, 5.41) is 22.8. The van der Waals surface area contributed by atoms with Crippen LogP contribution in [0.4, 0.5) is 5.69 Å². The van der Waals surface area contributed by atoms with E-state index >= 15 is 0 Å². The molecule has 5 nitrogen and oxygen atoms in total. The van der Waals surface area contributed by atoms with Crippen LogP contribution < -0.4 is 10.1 Å². The SMILES string of the molecule is COc1ccc(-c2cc(NC[C@H](O)CO)c3ccccc3n2)cc1. The molecule has 0 aliphatic carbocycles. The van der Waals surface area contributed by atoms with Gasteiger partial charge in [-0.1, -0.05) is 18.2 Å². The van der Waals surface area contributed by atoms with E-state index in [4.69, 9.17) is 14.8 Å². The molecule has 0 aliphatic rings. The number of rotatable bonds is 6. The Bertz CT molecular complexity index is 818. The second-order valence-corrected chi connectivity index (χ2v) is 5.52. The van der Waals surface area contributed by atoms with Gasteiger partial charge >= 0.3 is 0 Å². The molecule has 0 saturated heterocycles. The van der Waals surface area contributed by atoms with Gasteiger partial charge in [0.1, 0.15) is 5.75 Å². The van der Waals surface area contributed by atoms with Gasteiger partial charge in [-0.2, -0.15) is 0 Å². The molecule has 3 aromatic rings. The Balaban J connectivity index is 2.01. The summed E-state index contributed by atoms with van der Waals surface area (Å²) in [4.78, 5) is 4.72. The van der Waals surface area contributed by atoms with Gasteiger partial charge in [0.2, 0.25) is 0 Å².